The van der Waals surface area contributed by atoms with Crippen LogP contribution in [0.1, 0.15) is 38.3 Å². The Kier molecular flexibility index (Phi) is 6.97. The highest BCUT2D eigenvalue weighted by Gasteiger charge is 2.35. The second-order valence-corrected chi connectivity index (χ2v) is 7.96. The van der Waals surface area contributed by atoms with Crippen LogP contribution in [0.5, 0.6) is 0 Å². The van der Waals surface area contributed by atoms with Gasteiger partial charge in [0.2, 0.25) is 11.8 Å². The van der Waals surface area contributed by atoms with Crippen LogP contribution in [0.4, 0.5) is 13.6 Å². The van der Waals surface area contributed by atoms with Crippen molar-refractivity contribution in [2.24, 2.45) is 4.99 Å². The van der Waals surface area contributed by atoms with E-state index >= 15 is 0 Å². The first-order chi connectivity index (χ1) is 14.6. The molecule has 1 saturated carbocycles. The Morgan fingerprint density at radius 1 is 1.39 bits per heavy atom. The Bertz CT molecular complexity index is 864. The normalized spacial score (nSPS) is 20.2. The maximum absolute atomic E-state index is 13.4. The lowest BCUT2D eigenvalue weighted by Crippen LogP contribution is -2.54. The molecule has 3 rings (SSSR count). The fourth-order valence-corrected chi connectivity index (χ4v) is 3.50. The van der Waals surface area contributed by atoms with Gasteiger partial charge in [0.05, 0.1) is 25.9 Å². The molecular weight excluding hydrogens is 408 g/mol. The van der Waals surface area contributed by atoms with Gasteiger partial charge in [0, 0.05) is 36.9 Å². The van der Waals surface area contributed by atoms with Gasteiger partial charge in [-0.3, -0.25) is 0 Å². The van der Waals surface area contributed by atoms with Crippen molar-refractivity contribution >= 4 is 11.9 Å². The molecule has 1 aliphatic carbocycles. The molecule has 0 atom stereocenters. The number of ether oxygens (including phenoxy) is 2. The van der Waals surface area contributed by atoms with Crippen molar-refractivity contribution in [3.8, 4) is 0 Å². The summed E-state index contributed by atoms with van der Waals surface area (Å²) >= 11 is 0. The number of carbonyl (C=O) groups excluding carboxylic acids is 1. The van der Waals surface area contributed by atoms with Gasteiger partial charge in [-0.15, -0.1) is 0 Å². The minimum Gasteiger partial charge on any atom is -0.470 e. The zero-order valence-corrected chi connectivity index (χ0v) is 18.1. The number of methoxy groups -OCH3 is 1. The van der Waals surface area contributed by atoms with E-state index in [2.05, 4.69) is 22.0 Å². The fraction of sp³-hybridized carbons (Fsp3) is 0.571. The van der Waals surface area contributed by atoms with Crippen LogP contribution in [0.2, 0.25) is 0 Å². The van der Waals surface area contributed by atoms with E-state index in [-0.39, 0.29) is 25.0 Å². The lowest BCUT2D eigenvalue weighted by atomic mass is 9.92. The number of aromatic nitrogens is 2. The fourth-order valence-electron chi connectivity index (χ4n) is 3.50. The molecule has 1 aliphatic heterocycles. The summed E-state index contributed by atoms with van der Waals surface area (Å²) in [5.74, 6) is -1.68. The number of nitrogens with one attached hydrogen (secondary N) is 1. The summed E-state index contributed by atoms with van der Waals surface area (Å²) in [7, 11) is 1.33. The number of hydrogen-bond acceptors (Lipinski definition) is 6. The molecule has 0 radical (unpaired) electrons. The highest BCUT2D eigenvalue weighted by atomic mass is 19.3. The Morgan fingerprint density at radius 2 is 2.06 bits per heavy atom. The van der Waals surface area contributed by atoms with Gasteiger partial charge >= 0.3 is 6.09 Å². The van der Waals surface area contributed by atoms with Crippen molar-refractivity contribution < 1.29 is 23.0 Å². The van der Waals surface area contributed by atoms with Gasteiger partial charge in [0.25, 0.3) is 0 Å². The molecule has 1 aromatic rings. The number of nitrogens with zero attached hydrogens (tertiary/aromatic N) is 4. The Morgan fingerprint density at radius 3 is 2.65 bits per heavy atom. The monoisotopic (exact) mass is 437 g/mol. The second kappa shape index (κ2) is 9.49. The molecule has 1 aromatic heterocycles. The summed E-state index contributed by atoms with van der Waals surface area (Å²) in [5, 5.41) is 7.52. The van der Waals surface area contributed by atoms with E-state index in [1.165, 1.54) is 12.0 Å². The first-order valence-corrected chi connectivity index (χ1v) is 10.3. The maximum Gasteiger partial charge on any atom is 0.409 e. The molecule has 170 valence electrons. The van der Waals surface area contributed by atoms with Crippen LogP contribution >= 0.6 is 0 Å². The lowest BCUT2D eigenvalue weighted by Gasteiger charge is -2.37. The largest absolute Gasteiger partial charge is 0.470 e. The van der Waals surface area contributed by atoms with Crippen LogP contribution in [-0.2, 0) is 9.47 Å². The minimum absolute atomic E-state index is 0.0676. The van der Waals surface area contributed by atoms with Crippen LogP contribution in [0.3, 0.4) is 0 Å². The zero-order chi connectivity index (χ0) is 22.6. The highest BCUT2D eigenvalue weighted by Crippen LogP contribution is 2.33. The van der Waals surface area contributed by atoms with Crippen LogP contribution in [0.25, 0.3) is 0 Å². The van der Waals surface area contributed by atoms with Gasteiger partial charge in [0.15, 0.2) is 0 Å². The van der Waals surface area contributed by atoms with Gasteiger partial charge in [-0.2, -0.15) is 10.1 Å². The maximum atomic E-state index is 13.4. The van der Waals surface area contributed by atoms with Gasteiger partial charge in [-0.25, -0.2) is 18.3 Å². The van der Waals surface area contributed by atoms with Crippen molar-refractivity contribution in [1.29, 1.82) is 0 Å². The summed E-state index contributed by atoms with van der Waals surface area (Å²) in [5.41, 5.74) is 1.39. The number of halogens is 2. The van der Waals surface area contributed by atoms with Gasteiger partial charge < -0.3 is 19.7 Å². The van der Waals surface area contributed by atoms with Crippen molar-refractivity contribution in [1.82, 2.24) is 20.0 Å². The van der Waals surface area contributed by atoms with E-state index in [0.29, 0.717) is 43.3 Å². The molecule has 0 unspecified atom stereocenters. The molecule has 0 bridgehead atoms. The molecule has 0 aromatic carbocycles. The predicted molar refractivity (Wildman–Crippen MR) is 112 cm³/mol. The molecule has 1 N–H and O–H groups in total. The molecule has 2 heterocycles. The standard InChI is InChI=1S/C21H29F2N5O3/c1-14-7-10-28(26-14)16(3)25-19(31-18-12-27(13-18)20(29)30-4)11-15(2)24-17-5-8-21(22,23)9-6-17/h7,10-11,17-18,24H,2,5-6,8-9,12-13H2,1,3-4H3/b19-11+,25-16?. The minimum atomic E-state index is -2.58. The molecule has 8 nitrogen and oxygen atoms in total. The van der Waals surface area contributed by atoms with E-state index < -0.39 is 12.0 Å². The molecule has 31 heavy (non-hydrogen) atoms. The van der Waals surface area contributed by atoms with E-state index in [9.17, 15) is 13.6 Å². The second-order valence-electron chi connectivity index (χ2n) is 7.96. The molecule has 0 spiro atoms. The molecule has 2 aliphatic rings. The van der Waals surface area contributed by atoms with Gasteiger partial charge in [0.1, 0.15) is 11.9 Å². The Labute approximate surface area is 180 Å². The predicted octanol–water partition coefficient (Wildman–Crippen LogP) is 3.45. The van der Waals surface area contributed by atoms with Crippen molar-refractivity contribution in [3.05, 3.63) is 42.2 Å². The van der Waals surface area contributed by atoms with Gasteiger partial charge in [-0.1, -0.05) is 6.58 Å². The SMILES string of the molecule is C=C(/C=C(\N=C(C)n1ccc(C)n1)OC1CN(C(=O)OC)C1)NC1CCC(F)(F)CC1. The number of allylic oxidation sites excluding steroid dienone is 1. The topological polar surface area (TPSA) is 81.0 Å². The third-order valence-corrected chi connectivity index (χ3v) is 5.30. The van der Waals surface area contributed by atoms with E-state index in [0.717, 1.165) is 5.69 Å². The average molecular weight is 437 g/mol. The highest BCUT2D eigenvalue weighted by molar-refractivity contribution is 5.82. The average Bonchev–Trinajstić information content (AvgIpc) is 3.11. The molecule has 1 saturated heterocycles. The quantitative estimate of drug-likeness (QED) is 0.319. The number of hydrogen-bond donors (Lipinski definition) is 1. The lowest BCUT2D eigenvalue weighted by molar-refractivity contribution is -0.0396. The van der Waals surface area contributed by atoms with Crippen molar-refractivity contribution in [3.63, 3.8) is 0 Å². The summed E-state index contributed by atoms with van der Waals surface area (Å²) in [4.78, 5) is 17.6. The number of likely N-dealkylation sites (tertiary alicyclic amines) is 1. The number of aliphatic imine (C=N–C) groups is 1. The van der Waals surface area contributed by atoms with Crippen molar-refractivity contribution in [2.45, 2.75) is 57.6 Å². The van der Waals surface area contributed by atoms with E-state index in [1.807, 2.05) is 13.0 Å². The summed E-state index contributed by atoms with van der Waals surface area (Å²) in [6, 6.07) is 1.80. The Balaban J connectivity index is 1.67. The van der Waals surface area contributed by atoms with Gasteiger partial charge in [-0.05, 0) is 32.8 Å². The summed E-state index contributed by atoms with van der Waals surface area (Å²) in [6.07, 6.45) is 3.29. The molecule has 2 fully saturated rings. The van der Waals surface area contributed by atoms with E-state index in [1.54, 1.807) is 23.9 Å². The van der Waals surface area contributed by atoms with E-state index in [4.69, 9.17) is 9.47 Å². The zero-order valence-electron chi connectivity index (χ0n) is 18.1. The Hall–Kier alpha value is -2.91. The van der Waals surface area contributed by atoms with Crippen LogP contribution < -0.4 is 5.32 Å². The third kappa shape index (κ3) is 6.28. The number of aryl methyl sites for hydroxylation is 1. The smallest absolute Gasteiger partial charge is 0.409 e. The van der Waals surface area contributed by atoms with Crippen LogP contribution in [-0.4, -0.2) is 64.9 Å². The summed E-state index contributed by atoms with van der Waals surface area (Å²) in [6.45, 7) is 8.43. The van der Waals surface area contributed by atoms with Crippen LogP contribution in [0.15, 0.2) is 41.5 Å². The first kappa shape index (κ1) is 22.8. The summed E-state index contributed by atoms with van der Waals surface area (Å²) < 4.78 is 39.1. The first-order valence-electron chi connectivity index (χ1n) is 10.3. The third-order valence-electron chi connectivity index (χ3n) is 5.30. The van der Waals surface area contributed by atoms with Crippen molar-refractivity contribution in [2.75, 3.05) is 20.2 Å². The number of amides is 1. The number of carbonyl (C=O) groups is 1. The van der Waals surface area contributed by atoms with Crippen LogP contribution in [0, 0.1) is 6.92 Å². The molecular formula is C21H29F2N5O3. The number of rotatable bonds is 6. The number of alkyl halides is 2. The molecule has 1 amide bonds. The molecule has 10 heteroatoms.